The van der Waals surface area contributed by atoms with E-state index in [4.69, 9.17) is 4.74 Å². The Morgan fingerprint density at radius 3 is 2.70 bits per heavy atom. The molecule has 2 aromatic heterocycles. The van der Waals surface area contributed by atoms with Gasteiger partial charge in [0.05, 0.1) is 22.9 Å². The van der Waals surface area contributed by atoms with E-state index in [1.165, 1.54) is 5.56 Å². The average molecular weight is 495 g/mol. The largest absolute Gasteiger partial charge is 0.457 e. The molecule has 0 saturated heterocycles. The maximum atomic E-state index is 11.5. The van der Waals surface area contributed by atoms with Crippen molar-refractivity contribution in [3.63, 3.8) is 0 Å². The lowest BCUT2D eigenvalue weighted by atomic mass is 10.1. The number of hydrogen-bond acceptors (Lipinski definition) is 6. The summed E-state index contributed by atoms with van der Waals surface area (Å²) >= 11 is 0. The van der Waals surface area contributed by atoms with E-state index in [0.717, 1.165) is 69.9 Å². The maximum absolute atomic E-state index is 11.5. The Hall–Kier alpha value is -4.46. The number of fused-ring (bicyclic) bond motifs is 2. The average Bonchev–Trinajstić information content (AvgIpc) is 3.25. The zero-order valence-electron chi connectivity index (χ0n) is 21.5. The lowest BCUT2D eigenvalue weighted by Gasteiger charge is -2.15. The van der Waals surface area contributed by atoms with E-state index in [0.29, 0.717) is 0 Å². The predicted octanol–water partition coefficient (Wildman–Crippen LogP) is 5.77. The fraction of sp³-hybridized carbons (Fsp3) is 0.241. The van der Waals surface area contributed by atoms with Gasteiger partial charge in [0.25, 0.3) is 0 Å². The van der Waals surface area contributed by atoms with Gasteiger partial charge in [-0.25, -0.2) is 15.0 Å². The van der Waals surface area contributed by atoms with E-state index in [1.807, 2.05) is 68.1 Å². The molecule has 0 radical (unpaired) electrons. The van der Waals surface area contributed by atoms with E-state index in [1.54, 1.807) is 24.5 Å². The number of aryl methyl sites for hydroxylation is 3. The van der Waals surface area contributed by atoms with Crippen LogP contribution in [0.3, 0.4) is 0 Å². The number of imidazole rings is 1. The quantitative estimate of drug-likeness (QED) is 0.295. The Balaban J connectivity index is 1.32. The molecule has 0 aliphatic carbocycles. The van der Waals surface area contributed by atoms with Crippen LogP contribution in [0.4, 0.5) is 11.5 Å². The first kappa shape index (κ1) is 24.2. The van der Waals surface area contributed by atoms with Gasteiger partial charge in [0.1, 0.15) is 23.6 Å². The number of benzene rings is 3. The number of nitrogens with zero attached hydrogens (tertiary/aromatic N) is 5. The molecule has 37 heavy (non-hydrogen) atoms. The van der Waals surface area contributed by atoms with Crippen LogP contribution in [0.15, 0.2) is 67.3 Å². The van der Waals surface area contributed by atoms with Crippen LogP contribution >= 0.6 is 0 Å². The van der Waals surface area contributed by atoms with Crippen molar-refractivity contribution in [1.29, 1.82) is 0 Å². The Labute approximate surface area is 215 Å². The smallest absolute Gasteiger partial charge is 0.219 e. The SMILES string of the molecule is CC(=O)N(C)CCCc1ccc2ncnc(Nc3ccc(Oc4ccc5c(c4)ncn5C)c(C)c3)c2c1. The highest BCUT2D eigenvalue weighted by Crippen LogP contribution is 2.31. The Morgan fingerprint density at radius 1 is 1.03 bits per heavy atom. The van der Waals surface area contributed by atoms with Crippen LogP contribution in [-0.2, 0) is 18.3 Å². The summed E-state index contributed by atoms with van der Waals surface area (Å²) in [4.78, 5) is 26.5. The molecule has 0 unspecified atom stereocenters. The van der Waals surface area contributed by atoms with Crippen molar-refractivity contribution in [2.24, 2.45) is 7.05 Å². The maximum Gasteiger partial charge on any atom is 0.219 e. The number of carbonyl (C=O) groups excluding carboxylic acids is 1. The summed E-state index contributed by atoms with van der Waals surface area (Å²) in [7, 11) is 3.80. The van der Waals surface area contributed by atoms with Gasteiger partial charge in [-0.05, 0) is 73.4 Å². The number of rotatable bonds is 8. The van der Waals surface area contributed by atoms with Crippen LogP contribution in [0.1, 0.15) is 24.5 Å². The fourth-order valence-corrected chi connectivity index (χ4v) is 4.32. The highest BCUT2D eigenvalue weighted by atomic mass is 16.5. The molecule has 5 rings (SSSR count). The molecule has 0 saturated carbocycles. The number of anilines is 2. The molecule has 3 aromatic carbocycles. The number of hydrogen-bond donors (Lipinski definition) is 1. The number of amides is 1. The number of carbonyl (C=O) groups is 1. The van der Waals surface area contributed by atoms with Crippen molar-refractivity contribution < 1.29 is 9.53 Å². The minimum Gasteiger partial charge on any atom is -0.457 e. The zero-order chi connectivity index (χ0) is 25.9. The molecule has 188 valence electrons. The van der Waals surface area contributed by atoms with Crippen molar-refractivity contribution in [2.45, 2.75) is 26.7 Å². The summed E-state index contributed by atoms with van der Waals surface area (Å²) in [5, 5.41) is 4.41. The Morgan fingerprint density at radius 2 is 1.89 bits per heavy atom. The zero-order valence-corrected chi connectivity index (χ0v) is 21.5. The van der Waals surface area contributed by atoms with Crippen LogP contribution in [0.2, 0.25) is 0 Å². The number of aromatic nitrogens is 4. The molecule has 8 heteroatoms. The molecule has 0 aliphatic heterocycles. The molecule has 8 nitrogen and oxygen atoms in total. The second-order valence-corrected chi connectivity index (χ2v) is 9.33. The predicted molar refractivity (Wildman–Crippen MR) is 146 cm³/mol. The van der Waals surface area contributed by atoms with Crippen LogP contribution in [0.25, 0.3) is 21.9 Å². The summed E-state index contributed by atoms with van der Waals surface area (Å²) in [5.74, 6) is 2.37. The van der Waals surface area contributed by atoms with E-state index in [9.17, 15) is 4.79 Å². The molecule has 1 amide bonds. The third-order valence-corrected chi connectivity index (χ3v) is 6.56. The Kier molecular flexibility index (Phi) is 6.72. The van der Waals surface area contributed by atoms with Gasteiger partial charge >= 0.3 is 0 Å². The Bertz CT molecular complexity index is 1590. The van der Waals surface area contributed by atoms with Gasteiger partial charge in [-0.3, -0.25) is 4.79 Å². The monoisotopic (exact) mass is 494 g/mol. The van der Waals surface area contributed by atoms with E-state index < -0.39 is 0 Å². The summed E-state index contributed by atoms with van der Waals surface area (Å²) in [6, 6.07) is 18.1. The van der Waals surface area contributed by atoms with Crippen molar-refractivity contribution in [3.8, 4) is 11.5 Å². The molecule has 5 aromatic rings. The van der Waals surface area contributed by atoms with Crippen molar-refractivity contribution in [1.82, 2.24) is 24.4 Å². The fourth-order valence-electron chi connectivity index (χ4n) is 4.32. The van der Waals surface area contributed by atoms with Gasteiger partial charge < -0.3 is 19.5 Å². The number of nitrogens with one attached hydrogen (secondary N) is 1. The molecule has 0 bridgehead atoms. The molecule has 0 fully saturated rings. The highest BCUT2D eigenvalue weighted by Gasteiger charge is 2.10. The van der Waals surface area contributed by atoms with Gasteiger partial charge in [0.2, 0.25) is 5.91 Å². The van der Waals surface area contributed by atoms with Crippen LogP contribution in [0.5, 0.6) is 11.5 Å². The molecule has 1 N–H and O–H groups in total. The lowest BCUT2D eigenvalue weighted by molar-refractivity contribution is -0.127. The standard InChI is InChI=1S/C29H30N6O2/c1-19-14-22(8-12-28(19)37-23-9-11-27-26(16-23)32-18-35(27)4)33-29-24-15-21(6-5-13-34(3)20(2)36)7-10-25(24)30-17-31-29/h7-12,14-18H,5-6,13H2,1-4H3,(H,30,31,33). The molecule has 0 atom stereocenters. The van der Waals surface area contributed by atoms with Gasteiger partial charge in [-0.2, -0.15) is 0 Å². The van der Waals surface area contributed by atoms with Crippen LogP contribution in [0, 0.1) is 6.92 Å². The molecule has 0 spiro atoms. The minimum atomic E-state index is 0.0828. The third-order valence-electron chi connectivity index (χ3n) is 6.56. The summed E-state index contributed by atoms with van der Waals surface area (Å²) < 4.78 is 8.14. The van der Waals surface area contributed by atoms with Crippen LogP contribution < -0.4 is 10.1 Å². The van der Waals surface area contributed by atoms with Gasteiger partial charge in [-0.1, -0.05) is 6.07 Å². The van der Waals surface area contributed by atoms with Crippen molar-refractivity contribution in [3.05, 3.63) is 78.4 Å². The van der Waals surface area contributed by atoms with E-state index in [2.05, 4.69) is 32.4 Å². The first-order valence-electron chi connectivity index (χ1n) is 12.3. The molecular formula is C29H30N6O2. The first-order valence-corrected chi connectivity index (χ1v) is 12.3. The second-order valence-electron chi connectivity index (χ2n) is 9.33. The van der Waals surface area contributed by atoms with Crippen molar-refractivity contribution in [2.75, 3.05) is 18.9 Å². The van der Waals surface area contributed by atoms with E-state index in [-0.39, 0.29) is 5.91 Å². The lowest BCUT2D eigenvalue weighted by Crippen LogP contribution is -2.25. The molecule has 2 heterocycles. The first-order chi connectivity index (χ1) is 17.9. The topological polar surface area (TPSA) is 85.2 Å². The van der Waals surface area contributed by atoms with Gasteiger partial charge in [0, 0.05) is 44.7 Å². The summed E-state index contributed by atoms with van der Waals surface area (Å²) in [6.07, 6.45) is 5.14. The number of ether oxygens (including phenoxy) is 1. The summed E-state index contributed by atoms with van der Waals surface area (Å²) in [6.45, 7) is 4.34. The second kappa shape index (κ2) is 10.3. The molecular weight excluding hydrogens is 464 g/mol. The van der Waals surface area contributed by atoms with Gasteiger partial charge in [0.15, 0.2) is 0 Å². The molecule has 0 aliphatic rings. The van der Waals surface area contributed by atoms with Crippen LogP contribution in [-0.4, -0.2) is 43.9 Å². The van der Waals surface area contributed by atoms with E-state index >= 15 is 0 Å². The third kappa shape index (κ3) is 5.38. The minimum absolute atomic E-state index is 0.0828. The summed E-state index contributed by atoms with van der Waals surface area (Å²) in [5.41, 5.74) is 5.94. The highest BCUT2D eigenvalue weighted by molar-refractivity contribution is 5.91. The normalized spacial score (nSPS) is 11.1. The van der Waals surface area contributed by atoms with Crippen molar-refractivity contribution >= 4 is 39.3 Å². The van der Waals surface area contributed by atoms with Gasteiger partial charge in [-0.15, -0.1) is 0 Å².